The maximum atomic E-state index is 5.79. The fourth-order valence-electron chi connectivity index (χ4n) is 1.84. The maximum Gasteiger partial charge on any atom is 0.119 e. The highest BCUT2D eigenvalue weighted by molar-refractivity contribution is 5.64. The lowest BCUT2D eigenvalue weighted by Crippen LogP contribution is -1.97. The van der Waals surface area contributed by atoms with Crippen molar-refractivity contribution >= 4 is 11.4 Å². The highest BCUT2D eigenvalue weighted by Gasteiger charge is 2.00. The summed E-state index contributed by atoms with van der Waals surface area (Å²) in [5.74, 6) is 0.901. The molecule has 2 rings (SSSR count). The van der Waals surface area contributed by atoms with Crippen LogP contribution in [-0.4, -0.2) is 6.61 Å². The van der Waals surface area contributed by atoms with Gasteiger partial charge in [0.2, 0.25) is 0 Å². The summed E-state index contributed by atoms with van der Waals surface area (Å²) in [6.45, 7) is 2.67. The average molecular weight is 242 g/mol. The first-order chi connectivity index (χ1) is 8.69. The van der Waals surface area contributed by atoms with E-state index in [4.69, 9.17) is 16.2 Å². The van der Waals surface area contributed by atoms with E-state index >= 15 is 0 Å². The predicted molar refractivity (Wildman–Crippen MR) is 75.7 cm³/mol. The van der Waals surface area contributed by atoms with Gasteiger partial charge in [0.25, 0.3) is 0 Å². The van der Waals surface area contributed by atoms with Crippen LogP contribution in [0.2, 0.25) is 0 Å². The van der Waals surface area contributed by atoms with E-state index in [-0.39, 0.29) is 0 Å². The zero-order valence-corrected chi connectivity index (χ0v) is 10.5. The summed E-state index contributed by atoms with van der Waals surface area (Å²) in [5, 5.41) is 0. The maximum absolute atomic E-state index is 5.79. The molecule has 0 spiro atoms. The number of anilines is 2. The van der Waals surface area contributed by atoms with Gasteiger partial charge in [-0.3, -0.25) is 0 Å². The van der Waals surface area contributed by atoms with Gasteiger partial charge in [-0.05, 0) is 48.7 Å². The summed E-state index contributed by atoms with van der Waals surface area (Å²) in [7, 11) is 0. The van der Waals surface area contributed by atoms with Gasteiger partial charge in [0.1, 0.15) is 5.75 Å². The van der Waals surface area contributed by atoms with E-state index in [0.29, 0.717) is 18.0 Å². The molecule has 0 heterocycles. The lowest BCUT2D eigenvalue weighted by Gasteiger charge is -2.07. The van der Waals surface area contributed by atoms with Gasteiger partial charge < -0.3 is 16.2 Å². The zero-order chi connectivity index (χ0) is 13.0. The number of hydrogen-bond acceptors (Lipinski definition) is 3. The minimum Gasteiger partial charge on any atom is -0.494 e. The first-order valence-corrected chi connectivity index (χ1v) is 6.04. The molecule has 0 aliphatic rings. The van der Waals surface area contributed by atoms with Crippen LogP contribution in [0.15, 0.2) is 42.5 Å². The molecule has 0 radical (unpaired) electrons. The molecule has 0 atom stereocenters. The molecule has 18 heavy (non-hydrogen) atoms. The minimum atomic E-state index is 0.630. The fourth-order valence-corrected chi connectivity index (χ4v) is 1.84. The van der Waals surface area contributed by atoms with Crippen molar-refractivity contribution in [2.45, 2.75) is 13.3 Å². The summed E-state index contributed by atoms with van der Waals surface area (Å²) in [6, 6.07) is 13.9. The Labute approximate surface area is 107 Å². The molecule has 3 nitrogen and oxygen atoms in total. The van der Waals surface area contributed by atoms with Crippen molar-refractivity contribution < 1.29 is 4.74 Å². The summed E-state index contributed by atoms with van der Waals surface area (Å²) >= 11 is 0. The summed E-state index contributed by atoms with van der Waals surface area (Å²) < 4.78 is 5.41. The Balaban J connectivity index is 2.10. The molecule has 0 aliphatic heterocycles. The molecule has 0 unspecified atom stereocenters. The number of nitrogens with two attached hydrogens (primary N) is 2. The number of benzene rings is 2. The van der Waals surface area contributed by atoms with Gasteiger partial charge in [-0.15, -0.1) is 0 Å². The molecule has 4 N–H and O–H groups in total. The van der Waals surface area contributed by atoms with Gasteiger partial charge >= 0.3 is 0 Å². The van der Waals surface area contributed by atoms with Crippen molar-refractivity contribution in [1.29, 1.82) is 0 Å². The lowest BCUT2D eigenvalue weighted by atomic mass is 10.0. The highest BCUT2D eigenvalue weighted by atomic mass is 16.5. The third-order valence-corrected chi connectivity index (χ3v) is 2.79. The largest absolute Gasteiger partial charge is 0.494 e. The average Bonchev–Trinajstić information content (AvgIpc) is 2.37. The van der Waals surface area contributed by atoms with Crippen molar-refractivity contribution in [3.05, 3.63) is 53.6 Å². The van der Waals surface area contributed by atoms with Crippen LogP contribution >= 0.6 is 0 Å². The van der Waals surface area contributed by atoms with Gasteiger partial charge in [0.05, 0.1) is 18.0 Å². The second kappa shape index (κ2) is 5.45. The molecule has 0 aliphatic carbocycles. The molecular formula is C15H18N2O. The second-order valence-corrected chi connectivity index (χ2v) is 4.22. The Bertz CT molecular complexity index is 521. The van der Waals surface area contributed by atoms with E-state index in [2.05, 4.69) is 12.1 Å². The van der Waals surface area contributed by atoms with Crippen molar-refractivity contribution in [2.75, 3.05) is 18.1 Å². The van der Waals surface area contributed by atoms with Crippen molar-refractivity contribution in [2.24, 2.45) is 0 Å². The Morgan fingerprint density at radius 2 is 1.56 bits per heavy atom. The summed E-state index contributed by atoms with van der Waals surface area (Å²) in [4.78, 5) is 0. The third kappa shape index (κ3) is 2.94. The van der Waals surface area contributed by atoms with E-state index in [9.17, 15) is 0 Å². The van der Waals surface area contributed by atoms with Crippen LogP contribution < -0.4 is 16.2 Å². The van der Waals surface area contributed by atoms with Crippen LogP contribution in [0, 0.1) is 0 Å². The molecule has 0 saturated carbocycles. The first-order valence-electron chi connectivity index (χ1n) is 6.04. The van der Waals surface area contributed by atoms with Gasteiger partial charge in [-0.2, -0.15) is 0 Å². The monoisotopic (exact) mass is 242 g/mol. The van der Waals surface area contributed by atoms with Crippen molar-refractivity contribution in [3.8, 4) is 5.75 Å². The van der Waals surface area contributed by atoms with Crippen LogP contribution in [0.5, 0.6) is 5.75 Å². The van der Waals surface area contributed by atoms with Crippen molar-refractivity contribution in [3.63, 3.8) is 0 Å². The van der Waals surface area contributed by atoms with Gasteiger partial charge in [0, 0.05) is 0 Å². The molecule has 0 amide bonds. The summed E-state index contributed by atoms with van der Waals surface area (Å²) in [5.41, 5.74) is 15.1. The van der Waals surface area contributed by atoms with Crippen LogP contribution in [0.1, 0.15) is 18.1 Å². The zero-order valence-electron chi connectivity index (χ0n) is 10.5. The van der Waals surface area contributed by atoms with E-state index < -0.39 is 0 Å². The molecule has 3 heteroatoms. The molecule has 94 valence electrons. The van der Waals surface area contributed by atoms with E-state index in [1.54, 1.807) is 0 Å². The smallest absolute Gasteiger partial charge is 0.119 e. The minimum absolute atomic E-state index is 0.630. The lowest BCUT2D eigenvalue weighted by molar-refractivity contribution is 0.340. The number of nitrogen functional groups attached to an aromatic ring is 2. The topological polar surface area (TPSA) is 61.3 Å². The Hall–Kier alpha value is -2.16. The SMILES string of the molecule is CCOc1ccc(Cc2ccc(N)c(N)c2)cc1. The van der Waals surface area contributed by atoms with Crippen molar-refractivity contribution in [1.82, 2.24) is 0 Å². The second-order valence-electron chi connectivity index (χ2n) is 4.22. The fraction of sp³-hybridized carbons (Fsp3) is 0.200. The van der Waals surface area contributed by atoms with Gasteiger partial charge in [-0.1, -0.05) is 18.2 Å². The molecule has 0 saturated heterocycles. The third-order valence-electron chi connectivity index (χ3n) is 2.79. The van der Waals surface area contributed by atoms with E-state index in [1.165, 1.54) is 5.56 Å². The standard InChI is InChI=1S/C15H18N2O/c1-2-18-13-6-3-11(4-7-13)9-12-5-8-14(16)15(17)10-12/h3-8,10H,2,9,16-17H2,1H3. The number of hydrogen-bond donors (Lipinski definition) is 2. The Morgan fingerprint density at radius 3 is 2.17 bits per heavy atom. The predicted octanol–water partition coefficient (Wildman–Crippen LogP) is 2.84. The van der Waals surface area contributed by atoms with Crippen LogP contribution in [0.25, 0.3) is 0 Å². The highest BCUT2D eigenvalue weighted by Crippen LogP contribution is 2.20. The van der Waals surface area contributed by atoms with E-state index in [0.717, 1.165) is 17.7 Å². The van der Waals surface area contributed by atoms with Crippen LogP contribution in [-0.2, 0) is 6.42 Å². The summed E-state index contributed by atoms with van der Waals surface area (Å²) in [6.07, 6.45) is 0.844. The molecule has 2 aromatic carbocycles. The van der Waals surface area contributed by atoms with Crippen LogP contribution in [0.3, 0.4) is 0 Å². The van der Waals surface area contributed by atoms with Gasteiger partial charge in [0.15, 0.2) is 0 Å². The Morgan fingerprint density at radius 1 is 0.889 bits per heavy atom. The molecule has 0 aromatic heterocycles. The normalized spacial score (nSPS) is 10.3. The molecule has 0 fully saturated rings. The molecule has 0 bridgehead atoms. The van der Waals surface area contributed by atoms with E-state index in [1.807, 2.05) is 37.3 Å². The number of ether oxygens (including phenoxy) is 1. The van der Waals surface area contributed by atoms with Crippen LogP contribution in [0.4, 0.5) is 11.4 Å². The first kappa shape index (κ1) is 12.3. The quantitative estimate of drug-likeness (QED) is 0.810. The van der Waals surface area contributed by atoms with Gasteiger partial charge in [-0.25, -0.2) is 0 Å². The number of rotatable bonds is 4. The molecular weight excluding hydrogens is 224 g/mol. The Kier molecular flexibility index (Phi) is 3.72. The molecule has 2 aromatic rings.